The third-order valence-corrected chi connectivity index (χ3v) is 19.3. The summed E-state index contributed by atoms with van der Waals surface area (Å²) in [7, 11) is 0. The van der Waals surface area contributed by atoms with Crippen molar-refractivity contribution in [2.75, 3.05) is 11.9 Å². The van der Waals surface area contributed by atoms with Gasteiger partial charge < -0.3 is 50.4 Å². The predicted octanol–water partition coefficient (Wildman–Crippen LogP) is 6.02. The van der Waals surface area contributed by atoms with Crippen molar-refractivity contribution < 1.29 is 49.7 Å². The zero-order chi connectivity index (χ0) is 45.1. The van der Waals surface area contributed by atoms with E-state index in [2.05, 4.69) is 5.32 Å². The zero-order valence-corrected chi connectivity index (χ0v) is 36.9. The number of carbonyl (C=O) groups is 2. The van der Waals surface area contributed by atoms with Gasteiger partial charge in [-0.25, -0.2) is 4.98 Å². The van der Waals surface area contributed by atoms with Crippen LogP contribution in [-0.4, -0.2) is 95.6 Å². The summed E-state index contributed by atoms with van der Waals surface area (Å²) < 4.78 is 14.5. The van der Waals surface area contributed by atoms with Crippen LogP contribution in [0.4, 0.5) is 5.82 Å². The number of hydrogen-bond acceptors (Lipinski definition) is 12. The maximum Gasteiger partial charge on any atom is 0.261 e. The normalized spacial score (nSPS) is 38.4. The van der Waals surface area contributed by atoms with Gasteiger partial charge in [0, 0.05) is 40.1 Å². The molecule has 4 saturated carbocycles. The topological polar surface area (TPSA) is 213 Å². The number of rotatable bonds is 0. The second-order valence-electron chi connectivity index (χ2n) is 22.4. The van der Waals surface area contributed by atoms with E-state index in [4.69, 9.17) is 19.4 Å². The van der Waals surface area contributed by atoms with Crippen LogP contribution in [-0.2, 0) is 4.74 Å². The summed E-state index contributed by atoms with van der Waals surface area (Å²) in [6.07, 6.45) is 9.12. The molecule has 13 nitrogen and oxygen atoms in total. The number of aliphatic hydroxyl groups is 5. The number of carbonyl (C=O) groups excluding carboxylic acids is 2. The molecule has 11 aliphatic rings. The number of phenols is 1. The number of ketones is 2. The van der Waals surface area contributed by atoms with Crippen molar-refractivity contribution in [3.05, 3.63) is 99.0 Å². The van der Waals surface area contributed by atoms with E-state index in [1.807, 2.05) is 6.07 Å². The summed E-state index contributed by atoms with van der Waals surface area (Å²) in [4.78, 5) is 39.8. The Balaban J connectivity index is 1.11. The molecular weight excluding hydrogens is 839 g/mol. The summed E-state index contributed by atoms with van der Waals surface area (Å²) in [6, 6.07) is 8.22. The van der Waals surface area contributed by atoms with Gasteiger partial charge in [-0.2, -0.15) is 6.20 Å². The third-order valence-electron chi connectivity index (χ3n) is 19.3. The van der Waals surface area contributed by atoms with Crippen LogP contribution in [0, 0.1) is 28.6 Å². The van der Waals surface area contributed by atoms with Crippen LogP contribution in [0.25, 0.3) is 16.3 Å². The van der Waals surface area contributed by atoms with Crippen LogP contribution in [0.2, 0.25) is 0 Å². The van der Waals surface area contributed by atoms with Crippen LogP contribution in [0.15, 0.2) is 59.9 Å². The first-order valence-corrected chi connectivity index (χ1v) is 24.2. The Kier molecular flexibility index (Phi) is 7.79. The number of aromatic nitrogens is 2. The van der Waals surface area contributed by atoms with Crippen LogP contribution in [0.3, 0.4) is 0 Å². The molecule has 8 bridgehead atoms. The first kappa shape index (κ1) is 40.2. The van der Waals surface area contributed by atoms with Crippen molar-refractivity contribution in [1.82, 2.24) is 9.97 Å². The highest BCUT2D eigenvalue weighted by molar-refractivity contribution is 6.34. The number of aromatic hydroxyl groups is 1. The molecular formula is C53H54N3O10-. The highest BCUT2D eigenvalue weighted by atomic mass is 16.7. The molecule has 0 radical (unpaired) electrons. The molecule has 342 valence electrons. The fourth-order valence-electron chi connectivity index (χ4n) is 16.7. The second-order valence-corrected chi connectivity index (χ2v) is 22.4. The lowest BCUT2D eigenvalue weighted by Crippen LogP contribution is -2.79. The average molecular weight is 893 g/mol. The summed E-state index contributed by atoms with van der Waals surface area (Å²) in [5.74, 6) is -4.12. The minimum atomic E-state index is -2.40. The van der Waals surface area contributed by atoms with E-state index >= 15 is 4.79 Å². The first-order valence-electron chi connectivity index (χ1n) is 24.2. The molecule has 0 amide bonds. The van der Waals surface area contributed by atoms with Crippen molar-refractivity contribution in [3.8, 4) is 11.5 Å². The molecule has 7 N–H and O–H groups in total. The monoisotopic (exact) mass is 892 g/mol. The average Bonchev–Trinajstić information content (AvgIpc) is 4.16. The second kappa shape index (κ2) is 12.8. The standard InChI is InChI=1S/C53H54N3O10/c1-25-16-29-36(33(57)17-25)42(60)38-34-18-28-26(37(38)41(29)59)6-15-55-46(28)56-22-35(58)51-24-49(10-4-5-11-49)20-31(51)27-7-14-54-40(27)30-19-52(65-34)44(62)43(61)45(63)53(66-52)39(30)32(51)21-50(47(53)64)13-12-48(23-50)8-2-3-9-48/h6-7,14-19,31,35,43-45,47,58,61-64H,2-5,8-13,20-24H2,1H3,(H,57,60)(H,55,56,59)/q-1. The third kappa shape index (κ3) is 4.65. The Morgan fingerprint density at radius 2 is 1.61 bits per heavy atom. The molecule has 2 aromatic carbocycles. The number of hydrogen-bond donors (Lipinski definition) is 7. The van der Waals surface area contributed by atoms with Crippen molar-refractivity contribution in [2.45, 2.75) is 145 Å². The van der Waals surface area contributed by atoms with E-state index in [1.54, 1.807) is 43.6 Å². The van der Waals surface area contributed by atoms with Gasteiger partial charge in [-0.15, -0.1) is 5.69 Å². The molecule has 66 heavy (non-hydrogen) atoms. The molecule has 1 saturated heterocycles. The van der Waals surface area contributed by atoms with Gasteiger partial charge in [0.1, 0.15) is 29.5 Å². The van der Waals surface area contributed by atoms with Crippen LogP contribution >= 0.6 is 0 Å². The van der Waals surface area contributed by atoms with Gasteiger partial charge in [-0.3, -0.25) is 9.59 Å². The Bertz CT molecular complexity index is 2960. The number of aryl methyl sites for hydroxylation is 1. The van der Waals surface area contributed by atoms with Crippen molar-refractivity contribution in [1.29, 1.82) is 0 Å². The molecule has 4 aromatic rings. The van der Waals surface area contributed by atoms with Gasteiger partial charge >= 0.3 is 0 Å². The Morgan fingerprint density at radius 1 is 0.833 bits per heavy atom. The van der Waals surface area contributed by atoms with Crippen LogP contribution in [0.1, 0.15) is 144 Å². The molecule has 10 unspecified atom stereocenters. The minimum Gasteiger partial charge on any atom is -0.663 e. The van der Waals surface area contributed by atoms with E-state index in [0.29, 0.717) is 64.7 Å². The SMILES string of the molecule is Cc1cc(O)c2c(c1)C(=O)c1c(c3cc4c(nccc14)NCC(O)C14CC5(CCCC5)CC1c1cc[n-]c1C1=CC5(O3)OC3(C1=C4CC1(CCC4(CCCC4)C1)C3O)C(O)C(O)C5O)C2=O. The lowest BCUT2D eigenvalue weighted by molar-refractivity contribution is -0.366. The molecule has 2 aromatic heterocycles. The number of fused-ring (bicyclic) bond motifs is 7. The lowest BCUT2D eigenvalue weighted by Gasteiger charge is -2.64. The Labute approximate surface area is 380 Å². The van der Waals surface area contributed by atoms with E-state index in [1.165, 1.54) is 6.07 Å². The first-order chi connectivity index (χ1) is 31.7. The van der Waals surface area contributed by atoms with E-state index < -0.39 is 64.3 Å². The van der Waals surface area contributed by atoms with Crippen molar-refractivity contribution >= 4 is 33.7 Å². The number of aliphatic hydroxyl groups excluding tert-OH is 5. The smallest absolute Gasteiger partial charge is 0.261 e. The van der Waals surface area contributed by atoms with Gasteiger partial charge in [0.05, 0.1) is 23.3 Å². The minimum absolute atomic E-state index is 0.00718. The quantitative estimate of drug-likeness (QED) is 0.0949. The number of ether oxygens (including phenoxy) is 2. The number of pyridine rings is 1. The van der Waals surface area contributed by atoms with Gasteiger partial charge in [-0.05, 0) is 140 Å². The summed E-state index contributed by atoms with van der Waals surface area (Å²) in [5.41, 5.74) is -0.484. The fraction of sp³-hybridized carbons (Fsp3) is 0.528. The molecule has 13 heteroatoms. The Hall–Kier alpha value is -4.89. The molecule has 4 aliphatic heterocycles. The van der Waals surface area contributed by atoms with Crippen molar-refractivity contribution in [2.24, 2.45) is 21.7 Å². The maximum atomic E-state index is 15.0. The number of anilines is 1. The van der Waals surface area contributed by atoms with Gasteiger partial charge in [0.15, 0.2) is 17.5 Å². The van der Waals surface area contributed by atoms with Crippen molar-refractivity contribution in [3.63, 3.8) is 0 Å². The lowest BCUT2D eigenvalue weighted by atomic mass is 9.50. The number of benzene rings is 2. The molecule has 7 aliphatic carbocycles. The van der Waals surface area contributed by atoms with E-state index in [0.717, 1.165) is 75.3 Å². The van der Waals surface area contributed by atoms with Crippen LogP contribution in [0.5, 0.6) is 11.5 Å². The molecule has 5 fully saturated rings. The van der Waals surface area contributed by atoms with Gasteiger partial charge in [-0.1, -0.05) is 42.9 Å². The largest absolute Gasteiger partial charge is 0.663 e. The number of nitrogens with zero attached hydrogens (tertiary/aromatic N) is 2. The summed E-state index contributed by atoms with van der Waals surface area (Å²) in [5, 5.41) is 81.0. The molecule has 15 rings (SSSR count). The van der Waals surface area contributed by atoms with Gasteiger partial charge in [0.25, 0.3) is 5.79 Å². The Morgan fingerprint density at radius 3 is 2.39 bits per heavy atom. The summed E-state index contributed by atoms with van der Waals surface area (Å²) >= 11 is 0. The van der Waals surface area contributed by atoms with E-state index in [9.17, 15) is 35.4 Å². The zero-order valence-electron chi connectivity index (χ0n) is 36.9. The maximum absolute atomic E-state index is 15.0. The summed E-state index contributed by atoms with van der Waals surface area (Å²) in [6.45, 7) is 1.76. The number of nitrogens with one attached hydrogen (secondary N) is 1. The predicted molar refractivity (Wildman–Crippen MR) is 239 cm³/mol. The number of phenolic OH excluding ortho intramolecular Hbond substituents is 1. The molecule has 6 heterocycles. The van der Waals surface area contributed by atoms with Crippen LogP contribution < -0.4 is 15.0 Å². The highest BCUT2D eigenvalue weighted by Gasteiger charge is 2.76. The molecule has 10 atom stereocenters. The van der Waals surface area contributed by atoms with Gasteiger partial charge in [0.2, 0.25) is 5.78 Å². The fourth-order valence-corrected chi connectivity index (χ4v) is 16.7. The highest BCUT2D eigenvalue weighted by Crippen LogP contribution is 2.76. The van der Waals surface area contributed by atoms with E-state index in [-0.39, 0.29) is 57.0 Å². The molecule has 6 spiro atoms.